The smallest absolute Gasteiger partial charge is 0.307 e. The minimum atomic E-state index is -4.46. The normalized spacial score (nSPS) is 13.4. The number of fused-ring (bicyclic) bond motifs is 6. The molecule has 0 aliphatic carbocycles. The van der Waals surface area contributed by atoms with Gasteiger partial charge in [-0.2, -0.15) is 13.2 Å². The van der Waals surface area contributed by atoms with Crippen LogP contribution >= 0.6 is 0 Å². The molecular formula is C29H26F3N2+. The van der Waals surface area contributed by atoms with Gasteiger partial charge in [0.25, 0.3) is 0 Å². The molecule has 0 aliphatic rings. The average Bonchev–Trinajstić information content (AvgIpc) is 3.10. The molecule has 5 heteroatoms. The van der Waals surface area contributed by atoms with Crippen molar-refractivity contribution < 1.29 is 17.7 Å². The molecule has 3 heterocycles. The molecule has 0 spiro atoms. The van der Waals surface area contributed by atoms with Gasteiger partial charge in [-0.3, -0.25) is 0 Å². The summed E-state index contributed by atoms with van der Waals surface area (Å²) in [6.45, 7) is 10.8. The third kappa shape index (κ3) is 2.55. The molecule has 6 aromatic rings. The lowest BCUT2D eigenvalue weighted by molar-refractivity contribution is -0.643. The van der Waals surface area contributed by atoms with Crippen LogP contribution in [0.2, 0.25) is 0 Å². The standard InChI is InChI=1S/C29H26F3N2/c1-15-13-20(28(3,4)5)25-22(16(15)2)26-23-17(11-12-33(26)6)14-19(29(30,31)32)24-18-9-7-8-10-21(18)34(25)27(23)24/h7-14H,1-6H3/q+1. The van der Waals surface area contributed by atoms with Gasteiger partial charge in [0, 0.05) is 16.8 Å². The van der Waals surface area contributed by atoms with Crippen LogP contribution in [-0.4, -0.2) is 4.40 Å². The van der Waals surface area contributed by atoms with Gasteiger partial charge in [0.2, 0.25) is 5.52 Å². The Kier molecular flexibility index (Phi) is 4.00. The monoisotopic (exact) mass is 459 g/mol. The van der Waals surface area contributed by atoms with Crippen molar-refractivity contribution in [3.63, 3.8) is 0 Å². The number of pyridine rings is 2. The predicted molar refractivity (Wildman–Crippen MR) is 133 cm³/mol. The Morgan fingerprint density at radius 3 is 2.21 bits per heavy atom. The van der Waals surface area contributed by atoms with Crippen LogP contribution in [-0.2, 0) is 18.6 Å². The molecule has 3 aromatic carbocycles. The van der Waals surface area contributed by atoms with E-state index >= 15 is 0 Å². The Balaban J connectivity index is 2.14. The molecule has 3 aromatic heterocycles. The molecule has 0 saturated heterocycles. The topological polar surface area (TPSA) is 8.29 Å². The Morgan fingerprint density at radius 1 is 0.824 bits per heavy atom. The van der Waals surface area contributed by atoms with E-state index in [0.717, 1.165) is 38.4 Å². The minimum absolute atomic E-state index is 0.203. The van der Waals surface area contributed by atoms with Gasteiger partial charge >= 0.3 is 6.18 Å². The maximum Gasteiger partial charge on any atom is 0.417 e. The van der Waals surface area contributed by atoms with E-state index in [9.17, 15) is 13.2 Å². The maximum absolute atomic E-state index is 14.4. The molecule has 0 amide bonds. The van der Waals surface area contributed by atoms with Crippen molar-refractivity contribution in [2.24, 2.45) is 7.05 Å². The largest absolute Gasteiger partial charge is 0.417 e. The summed E-state index contributed by atoms with van der Waals surface area (Å²) in [5, 5.41) is 3.51. The fourth-order valence-electron chi connectivity index (χ4n) is 5.76. The summed E-state index contributed by atoms with van der Waals surface area (Å²) in [5.74, 6) is 0. The van der Waals surface area contributed by atoms with E-state index in [-0.39, 0.29) is 10.8 Å². The van der Waals surface area contributed by atoms with E-state index in [2.05, 4.69) is 49.7 Å². The fraction of sp³-hybridized carbons (Fsp3) is 0.276. The average molecular weight is 460 g/mol. The maximum atomic E-state index is 14.4. The summed E-state index contributed by atoms with van der Waals surface area (Å²) >= 11 is 0. The first-order valence-corrected chi connectivity index (χ1v) is 11.5. The predicted octanol–water partition coefficient (Wildman–Crippen LogP) is 7.75. The van der Waals surface area contributed by atoms with Gasteiger partial charge in [-0.25, -0.2) is 4.57 Å². The Bertz CT molecular complexity index is 1800. The SMILES string of the molecule is Cc1cc(C(C)(C)C)c2c(c1C)c1c3c(cc[n+]1C)cc(C(F)(F)F)c1c4ccccc4n2c13. The third-order valence-electron chi connectivity index (χ3n) is 7.43. The third-order valence-corrected chi connectivity index (χ3v) is 7.43. The van der Waals surface area contributed by atoms with Crippen LogP contribution in [0.1, 0.15) is 43.0 Å². The van der Waals surface area contributed by atoms with Crippen LogP contribution in [0.5, 0.6) is 0 Å². The molecule has 0 radical (unpaired) electrons. The summed E-state index contributed by atoms with van der Waals surface area (Å²) in [4.78, 5) is 0. The van der Waals surface area contributed by atoms with E-state index in [4.69, 9.17) is 0 Å². The number of aromatic nitrogens is 2. The van der Waals surface area contributed by atoms with Crippen LogP contribution in [0, 0.1) is 13.8 Å². The second-order valence-corrected chi connectivity index (χ2v) is 10.6. The highest BCUT2D eigenvalue weighted by atomic mass is 19.4. The molecule has 34 heavy (non-hydrogen) atoms. The number of hydrogen-bond acceptors (Lipinski definition) is 0. The second-order valence-electron chi connectivity index (χ2n) is 10.6. The molecule has 0 fully saturated rings. The highest BCUT2D eigenvalue weighted by molar-refractivity contribution is 6.28. The van der Waals surface area contributed by atoms with Crippen molar-refractivity contribution in [2.45, 2.75) is 46.2 Å². The van der Waals surface area contributed by atoms with E-state index in [1.807, 2.05) is 37.5 Å². The minimum Gasteiger partial charge on any atom is -0.307 e. The Morgan fingerprint density at radius 2 is 1.53 bits per heavy atom. The van der Waals surface area contributed by atoms with Gasteiger partial charge in [0.15, 0.2) is 6.20 Å². The van der Waals surface area contributed by atoms with Gasteiger partial charge in [-0.1, -0.05) is 45.0 Å². The zero-order chi connectivity index (χ0) is 24.3. The lowest BCUT2D eigenvalue weighted by atomic mass is 9.82. The molecule has 0 aliphatic heterocycles. The van der Waals surface area contributed by atoms with Crippen LogP contribution in [0.3, 0.4) is 0 Å². The zero-order valence-electron chi connectivity index (χ0n) is 20.1. The van der Waals surface area contributed by atoms with Crippen molar-refractivity contribution in [1.82, 2.24) is 4.40 Å². The first kappa shape index (κ1) is 21.2. The van der Waals surface area contributed by atoms with Crippen molar-refractivity contribution in [2.75, 3.05) is 0 Å². The summed E-state index contributed by atoms with van der Waals surface area (Å²) in [6, 6.07) is 12.9. The number of nitrogens with zero attached hydrogens (tertiary/aromatic N) is 2. The van der Waals surface area contributed by atoms with E-state index in [1.54, 1.807) is 6.07 Å². The second kappa shape index (κ2) is 6.41. The highest BCUT2D eigenvalue weighted by Gasteiger charge is 2.37. The van der Waals surface area contributed by atoms with Gasteiger partial charge in [-0.05, 0) is 53.5 Å². The number of aryl methyl sites for hydroxylation is 3. The first-order valence-electron chi connectivity index (χ1n) is 11.5. The van der Waals surface area contributed by atoms with Gasteiger partial charge in [-0.15, -0.1) is 0 Å². The van der Waals surface area contributed by atoms with Crippen LogP contribution in [0.15, 0.2) is 48.7 Å². The van der Waals surface area contributed by atoms with Crippen LogP contribution in [0.4, 0.5) is 13.2 Å². The number of benzene rings is 3. The first-order chi connectivity index (χ1) is 15.9. The van der Waals surface area contributed by atoms with Gasteiger partial charge in [0.05, 0.1) is 32.9 Å². The summed E-state index contributed by atoms with van der Waals surface area (Å²) in [6.07, 6.45) is -2.58. The molecule has 172 valence electrons. The number of para-hydroxylation sites is 1. The highest BCUT2D eigenvalue weighted by Crippen LogP contribution is 2.48. The lowest BCUT2D eigenvalue weighted by Crippen LogP contribution is -2.29. The molecule has 0 unspecified atom stereocenters. The summed E-state index contributed by atoms with van der Waals surface area (Å²) < 4.78 is 47.5. The van der Waals surface area contributed by atoms with Crippen LogP contribution in [0.25, 0.3) is 49.0 Å². The number of alkyl halides is 3. The van der Waals surface area contributed by atoms with Gasteiger partial charge < -0.3 is 4.40 Å². The molecule has 0 atom stereocenters. The number of hydrogen-bond donors (Lipinski definition) is 0. The molecule has 0 bridgehead atoms. The quantitative estimate of drug-likeness (QED) is 0.125. The Hall–Kier alpha value is -3.34. The molecule has 2 nitrogen and oxygen atoms in total. The van der Waals surface area contributed by atoms with E-state index in [0.29, 0.717) is 16.3 Å². The van der Waals surface area contributed by atoms with Crippen molar-refractivity contribution >= 4 is 49.0 Å². The van der Waals surface area contributed by atoms with E-state index in [1.165, 1.54) is 11.6 Å². The Labute approximate surface area is 195 Å². The molecule has 0 N–H and O–H groups in total. The van der Waals surface area contributed by atoms with Crippen molar-refractivity contribution in [3.05, 3.63) is 70.9 Å². The fourth-order valence-corrected chi connectivity index (χ4v) is 5.76. The number of halogens is 3. The van der Waals surface area contributed by atoms with Gasteiger partial charge in [0.1, 0.15) is 7.05 Å². The lowest BCUT2D eigenvalue weighted by Gasteiger charge is -2.25. The molecule has 6 rings (SSSR count). The molecule has 0 saturated carbocycles. The van der Waals surface area contributed by atoms with Crippen molar-refractivity contribution in [1.29, 1.82) is 0 Å². The van der Waals surface area contributed by atoms with E-state index < -0.39 is 11.7 Å². The molecular weight excluding hydrogens is 433 g/mol. The summed E-state index contributed by atoms with van der Waals surface area (Å²) in [5.41, 5.74) is 6.13. The van der Waals surface area contributed by atoms with Crippen molar-refractivity contribution in [3.8, 4) is 0 Å². The zero-order valence-corrected chi connectivity index (χ0v) is 20.1. The number of rotatable bonds is 0. The van der Waals surface area contributed by atoms with Crippen LogP contribution < -0.4 is 4.57 Å². The summed E-state index contributed by atoms with van der Waals surface area (Å²) in [7, 11) is 1.99.